The second kappa shape index (κ2) is 7.60. The Morgan fingerprint density at radius 3 is 2.42 bits per heavy atom. The number of ether oxygens (including phenoxy) is 2. The molecule has 6 nitrogen and oxygen atoms in total. The average Bonchev–Trinajstić information content (AvgIpc) is 3.11. The molecule has 26 heavy (non-hydrogen) atoms. The number of hydrogen-bond donors (Lipinski definition) is 0. The van der Waals surface area contributed by atoms with Gasteiger partial charge in [-0.1, -0.05) is 18.2 Å². The van der Waals surface area contributed by atoms with E-state index >= 15 is 0 Å². The van der Waals surface area contributed by atoms with Crippen molar-refractivity contribution in [2.24, 2.45) is 0 Å². The summed E-state index contributed by atoms with van der Waals surface area (Å²) in [4.78, 5) is 24.3. The van der Waals surface area contributed by atoms with Gasteiger partial charge in [0, 0.05) is 5.56 Å². The zero-order valence-electron chi connectivity index (χ0n) is 13.9. The van der Waals surface area contributed by atoms with Gasteiger partial charge in [0.2, 0.25) is 5.69 Å². The monoisotopic (exact) mass is 354 g/mol. The van der Waals surface area contributed by atoms with Gasteiger partial charge in [-0.2, -0.15) is 5.10 Å². The highest BCUT2D eigenvalue weighted by molar-refractivity contribution is 5.99. The van der Waals surface area contributed by atoms with Crippen LogP contribution in [0.1, 0.15) is 20.8 Å². The van der Waals surface area contributed by atoms with E-state index in [4.69, 9.17) is 9.47 Å². The number of hydrogen-bond acceptors (Lipinski definition) is 5. The Kier molecular flexibility index (Phi) is 5.07. The standard InChI is InChI=1S/C19H15FN2O4/c1-25-17-11-22(15-5-3-2-4-6-15)21-18(17)19(24)26-12-16(23)13-7-9-14(20)10-8-13/h2-11H,12H2,1H3. The van der Waals surface area contributed by atoms with E-state index in [1.54, 1.807) is 6.20 Å². The first-order chi connectivity index (χ1) is 12.6. The van der Waals surface area contributed by atoms with Crippen LogP contribution < -0.4 is 4.74 Å². The summed E-state index contributed by atoms with van der Waals surface area (Å²) < 4.78 is 24.6. The summed E-state index contributed by atoms with van der Waals surface area (Å²) in [5.41, 5.74) is 0.955. The molecule has 0 saturated heterocycles. The van der Waals surface area contributed by atoms with Crippen molar-refractivity contribution in [3.63, 3.8) is 0 Å². The van der Waals surface area contributed by atoms with Gasteiger partial charge in [-0.25, -0.2) is 13.9 Å². The lowest BCUT2D eigenvalue weighted by atomic mass is 10.1. The van der Waals surface area contributed by atoms with Crippen LogP contribution in [0.4, 0.5) is 4.39 Å². The first-order valence-corrected chi connectivity index (χ1v) is 7.73. The molecule has 0 saturated carbocycles. The average molecular weight is 354 g/mol. The lowest BCUT2D eigenvalue weighted by Gasteiger charge is -2.04. The van der Waals surface area contributed by atoms with Gasteiger partial charge in [0.15, 0.2) is 18.1 Å². The maximum atomic E-state index is 12.9. The maximum absolute atomic E-state index is 12.9. The van der Waals surface area contributed by atoms with Crippen LogP contribution in [-0.4, -0.2) is 35.2 Å². The fraction of sp³-hybridized carbons (Fsp3) is 0.105. The number of esters is 1. The fourth-order valence-corrected chi connectivity index (χ4v) is 2.28. The molecule has 1 aromatic heterocycles. The molecule has 0 bridgehead atoms. The number of halogens is 1. The third kappa shape index (κ3) is 3.77. The smallest absolute Gasteiger partial charge is 0.363 e. The molecule has 0 amide bonds. The van der Waals surface area contributed by atoms with Crippen molar-refractivity contribution in [1.82, 2.24) is 9.78 Å². The van der Waals surface area contributed by atoms with Crippen LogP contribution in [0.25, 0.3) is 5.69 Å². The van der Waals surface area contributed by atoms with Gasteiger partial charge in [0.1, 0.15) is 5.82 Å². The van der Waals surface area contributed by atoms with Crippen molar-refractivity contribution in [3.8, 4) is 11.4 Å². The predicted octanol–water partition coefficient (Wildman–Crippen LogP) is 3.06. The minimum Gasteiger partial charge on any atom is -0.493 e. The van der Waals surface area contributed by atoms with Crippen molar-refractivity contribution in [2.75, 3.05) is 13.7 Å². The SMILES string of the molecule is COc1cn(-c2ccccc2)nc1C(=O)OCC(=O)c1ccc(F)cc1. The highest BCUT2D eigenvalue weighted by Gasteiger charge is 2.21. The molecule has 0 unspecified atom stereocenters. The first-order valence-electron chi connectivity index (χ1n) is 7.73. The minimum absolute atomic E-state index is 0.0386. The zero-order valence-corrected chi connectivity index (χ0v) is 13.9. The Bertz CT molecular complexity index is 920. The third-order valence-electron chi connectivity index (χ3n) is 3.62. The van der Waals surface area contributed by atoms with Crippen LogP contribution in [0.15, 0.2) is 60.8 Å². The van der Waals surface area contributed by atoms with E-state index in [9.17, 15) is 14.0 Å². The summed E-state index contributed by atoms with van der Waals surface area (Å²) in [5.74, 6) is -1.45. The summed E-state index contributed by atoms with van der Waals surface area (Å²) in [7, 11) is 1.41. The van der Waals surface area contributed by atoms with Gasteiger partial charge < -0.3 is 9.47 Å². The van der Waals surface area contributed by atoms with E-state index < -0.39 is 24.2 Å². The van der Waals surface area contributed by atoms with E-state index in [0.717, 1.165) is 5.69 Å². The summed E-state index contributed by atoms with van der Waals surface area (Å²) >= 11 is 0. The van der Waals surface area contributed by atoms with Gasteiger partial charge in [-0.3, -0.25) is 4.79 Å². The van der Waals surface area contributed by atoms with Crippen LogP contribution in [0.3, 0.4) is 0 Å². The summed E-state index contributed by atoms with van der Waals surface area (Å²) in [6.45, 7) is -0.480. The summed E-state index contributed by atoms with van der Waals surface area (Å²) in [6, 6.07) is 14.2. The minimum atomic E-state index is -0.785. The van der Waals surface area contributed by atoms with E-state index in [-0.39, 0.29) is 17.0 Å². The van der Waals surface area contributed by atoms with E-state index in [2.05, 4.69) is 5.10 Å². The molecule has 7 heteroatoms. The molecule has 0 spiro atoms. The number of nitrogens with zero attached hydrogens (tertiary/aromatic N) is 2. The van der Waals surface area contributed by atoms with Crippen molar-refractivity contribution in [2.45, 2.75) is 0 Å². The number of Topliss-reactive ketones (excluding diaryl/α,β-unsaturated/α-hetero) is 1. The summed E-state index contributed by atoms with van der Waals surface area (Å²) in [5, 5.41) is 4.17. The topological polar surface area (TPSA) is 70.4 Å². The number of aromatic nitrogens is 2. The molecule has 0 aliphatic carbocycles. The number of carbonyl (C=O) groups excluding carboxylic acids is 2. The fourth-order valence-electron chi connectivity index (χ4n) is 2.28. The number of para-hydroxylation sites is 1. The molecule has 0 N–H and O–H groups in total. The molecule has 3 rings (SSSR count). The predicted molar refractivity (Wildman–Crippen MR) is 91.1 cm³/mol. The Hall–Kier alpha value is -3.48. The second-order valence-electron chi connectivity index (χ2n) is 5.33. The molecule has 0 atom stereocenters. The summed E-state index contributed by atoms with van der Waals surface area (Å²) in [6.07, 6.45) is 1.55. The zero-order chi connectivity index (χ0) is 18.5. The van der Waals surface area contributed by atoms with Gasteiger partial charge in [-0.15, -0.1) is 0 Å². The Labute approximate surface area is 148 Å². The Balaban J connectivity index is 1.72. The maximum Gasteiger partial charge on any atom is 0.363 e. The molecule has 0 fully saturated rings. The van der Waals surface area contributed by atoms with Crippen LogP contribution in [0.2, 0.25) is 0 Å². The largest absolute Gasteiger partial charge is 0.493 e. The number of benzene rings is 2. The highest BCUT2D eigenvalue weighted by atomic mass is 19.1. The Morgan fingerprint density at radius 1 is 1.08 bits per heavy atom. The van der Waals surface area contributed by atoms with Crippen LogP contribution in [0, 0.1) is 5.82 Å². The number of carbonyl (C=O) groups is 2. The molecule has 1 heterocycles. The molecule has 2 aromatic carbocycles. The van der Waals surface area contributed by atoms with Gasteiger partial charge in [0.25, 0.3) is 0 Å². The van der Waals surface area contributed by atoms with E-state index in [1.165, 1.54) is 36.1 Å². The quantitative estimate of drug-likeness (QED) is 0.503. The molecular weight excluding hydrogens is 339 g/mol. The third-order valence-corrected chi connectivity index (χ3v) is 3.62. The molecular formula is C19H15FN2O4. The number of ketones is 1. The molecule has 132 valence electrons. The lowest BCUT2D eigenvalue weighted by molar-refractivity contribution is 0.0465. The van der Waals surface area contributed by atoms with Crippen molar-refractivity contribution < 1.29 is 23.5 Å². The number of methoxy groups -OCH3 is 1. The number of rotatable bonds is 6. The van der Waals surface area contributed by atoms with Gasteiger partial charge in [-0.05, 0) is 36.4 Å². The van der Waals surface area contributed by atoms with Crippen LogP contribution >= 0.6 is 0 Å². The van der Waals surface area contributed by atoms with Gasteiger partial charge in [0.05, 0.1) is 19.0 Å². The second-order valence-corrected chi connectivity index (χ2v) is 5.33. The van der Waals surface area contributed by atoms with E-state index in [1.807, 2.05) is 30.3 Å². The normalized spacial score (nSPS) is 10.4. The van der Waals surface area contributed by atoms with Crippen LogP contribution in [0.5, 0.6) is 5.75 Å². The molecule has 0 radical (unpaired) electrons. The van der Waals surface area contributed by atoms with Crippen molar-refractivity contribution >= 4 is 11.8 Å². The lowest BCUT2D eigenvalue weighted by Crippen LogP contribution is -2.15. The highest BCUT2D eigenvalue weighted by Crippen LogP contribution is 2.20. The molecule has 3 aromatic rings. The van der Waals surface area contributed by atoms with Crippen LogP contribution in [-0.2, 0) is 4.74 Å². The first kappa shape index (κ1) is 17.3. The van der Waals surface area contributed by atoms with Crippen molar-refractivity contribution in [3.05, 3.63) is 77.9 Å². The molecule has 0 aliphatic rings. The molecule has 0 aliphatic heterocycles. The van der Waals surface area contributed by atoms with Gasteiger partial charge >= 0.3 is 5.97 Å². The van der Waals surface area contributed by atoms with E-state index in [0.29, 0.717) is 0 Å². The Morgan fingerprint density at radius 2 is 1.77 bits per heavy atom. The van der Waals surface area contributed by atoms with Crippen molar-refractivity contribution in [1.29, 1.82) is 0 Å².